The van der Waals surface area contributed by atoms with Gasteiger partial charge in [0, 0.05) is 29.1 Å². The average Bonchev–Trinajstić information content (AvgIpc) is 2.64. The lowest BCUT2D eigenvalue weighted by atomic mass is 10.1. The van der Waals surface area contributed by atoms with Crippen LogP contribution >= 0.6 is 11.3 Å². The number of carbonyl (C=O) groups is 1. The third-order valence-corrected chi connectivity index (χ3v) is 3.85. The summed E-state index contributed by atoms with van der Waals surface area (Å²) in [4.78, 5) is 13.4. The van der Waals surface area contributed by atoms with Gasteiger partial charge in [-0.15, -0.1) is 11.3 Å². The third kappa shape index (κ3) is 1.12. The molecule has 2 nitrogen and oxygen atoms in total. The van der Waals surface area contributed by atoms with E-state index in [4.69, 9.17) is 0 Å². The first-order chi connectivity index (χ1) is 6.69. The Morgan fingerprint density at radius 3 is 2.86 bits per heavy atom. The lowest BCUT2D eigenvalue weighted by molar-refractivity contribution is 0.112. The molecule has 2 aromatic rings. The maximum absolute atomic E-state index is 10.9. The number of thiophene rings is 1. The minimum absolute atomic E-state index is 0.823. The maximum Gasteiger partial charge on any atom is 0.152 e. The summed E-state index contributed by atoms with van der Waals surface area (Å²) in [7, 11) is 1.99. The summed E-state index contributed by atoms with van der Waals surface area (Å²) < 4.78 is 2.04. The van der Waals surface area contributed by atoms with E-state index in [-0.39, 0.29) is 0 Å². The molecular weight excluding hydrogens is 194 g/mol. The van der Waals surface area contributed by atoms with Crippen LogP contribution in [0.3, 0.4) is 0 Å². The van der Waals surface area contributed by atoms with Crippen molar-refractivity contribution in [2.75, 3.05) is 0 Å². The predicted octanol–water partition coefficient (Wildman–Crippen LogP) is 2.92. The second-order valence-corrected chi connectivity index (χ2v) is 4.69. The molecule has 0 atom stereocenters. The fourth-order valence-electron chi connectivity index (χ4n) is 1.96. The minimum Gasteiger partial charge on any atom is -0.342 e. The Bertz CT molecular complexity index is 493. The normalized spacial score (nSPS) is 11.1. The molecule has 0 aliphatic carbocycles. The van der Waals surface area contributed by atoms with Crippen molar-refractivity contribution in [1.82, 2.24) is 4.57 Å². The Morgan fingerprint density at radius 2 is 2.29 bits per heavy atom. The van der Waals surface area contributed by atoms with E-state index in [1.807, 2.05) is 17.8 Å². The lowest BCUT2D eigenvalue weighted by Crippen LogP contribution is -1.83. The van der Waals surface area contributed by atoms with Gasteiger partial charge in [-0.05, 0) is 18.9 Å². The van der Waals surface area contributed by atoms with Gasteiger partial charge in [-0.25, -0.2) is 0 Å². The van der Waals surface area contributed by atoms with Crippen LogP contribution in [0, 0.1) is 6.92 Å². The molecule has 0 spiro atoms. The second kappa shape index (κ2) is 3.24. The molecular formula is C11H13NOS. The van der Waals surface area contributed by atoms with Crippen molar-refractivity contribution in [1.29, 1.82) is 0 Å². The first-order valence-corrected chi connectivity index (χ1v) is 5.53. The van der Waals surface area contributed by atoms with Gasteiger partial charge in [0.05, 0.1) is 0 Å². The van der Waals surface area contributed by atoms with Crippen molar-refractivity contribution >= 4 is 27.8 Å². The van der Waals surface area contributed by atoms with Gasteiger partial charge in [-0.1, -0.05) is 6.92 Å². The number of aldehydes is 1. The summed E-state index contributed by atoms with van der Waals surface area (Å²) in [6, 6.07) is 0. The molecule has 2 aromatic heterocycles. The van der Waals surface area contributed by atoms with E-state index in [2.05, 4.69) is 13.8 Å². The number of hydrogen-bond donors (Lipinski definition) is 0. The monoisotopic (exact) mass is 207 g/mol. The van der Waals surface area contributed by atoms with Crippen LogP contribution in [0.2, 0.25) is 0 Å². The van der Waals surface area contributed by atoms with Crippen molar-refractivity contribution in [3.05, 3.63) is 22.2 Å². The van der Waals surface area contributed by atoms with Crippen LogP contribution in [0.25, 0.3) is 10.2 Å². The highest BCUT2D eigenvalue weighted by Gasteiger charge is 2.14. The number of hydrogen-bond acceptors (Lipinski definition) is 2. The van der Waals surface area contributed by atoms with Gasteiger partial charge >= 0.3 is 0 Å². The molecule has 0 radical (unpaired) electrons. The van der Waals surface area contributed by atoms with E-state index in [1.165, 1.54) is 15.3 Å². The molecule has 3 heteroatoms. The maximum atomic E-state index is 10.9. The van der Waals surface area contributed by atoms with E-state index in [1.54, 1.807) is 11.3 Å². The van der Waals surface area contributed by atoms with Crippen molar-refractivity contribution in [3.8, 4) is 0 Å². The highest BCUT2D eigenvalue weighted by atomic mass is 32.1. The quantitative estimate of drug-likeness (QED) is 0.694. The van der Waals surface area contributed by atoms with Crippen LogP contribution in [-0.2, 0) is 13.5 Å². The topological polar surface area (TPSA) is 22.0 Å². The standard InChI is InChI=1S/C11H13NOS/c1-4-9-7(2)14-11-10(9)8(6-13)5-12(11)3/h5-6H,4H2,1-3H3. The number of nitrogens with zero attached hydrogens (tertiary/aromatic N) is 1. The first kappa shape index (κ1) is 9.46. The molecule has 14 heavy (non-hydrogen) atoms. The van der Waals surface area contributed by atoms with Gasteiger partial charge in [0.15, 0.2) is 6.29 Å². The molecule has 2 rings (SSSR count). The van der Waals surface area contributed by atoms with Gasteiger partial charge < -0.3 is 4.57 Å². The average molecular weight is 207 g/mol. The van der Waals surface area contributed by atoms with Crippen molar-refractivity contribution < 1.29 is 4.79 Å². The Kier molecular flexibility index (Phi) is 2.19. The van der Waals surface area contributed by atoms with Crippen LogP contribution in [0.5, 0.6) is 0 Å². The number of rotatable bonds is 2. The number of aromatic nitrogens is 1. The van der Waals surface area contributed by atoms with E-state index >= 15 is 0 Å². The molecule has 0 bridgehead atoms. The van der Waals surface area contributed by atoms with Crippen molar-refractivity contribution in [2.24, 2.45) is 7.05 Å². The van der Waals surface area contributed by atoms with Crippen molar-refractivity contribution in [2.45, 2.75) is 20.3 Å². The Morgan fingerprint density at radius 1 is 1.57 bits per heavy atom. The summed E-state index contributed by atoms with van der Waals surface area (Å²) in [6.07, 6.45) is 3.86. The zero-order valence-corrected chi connectivity index (χ0v) is 9.44. The van der Waals surface area contributed by atoms with Crippen molar-refractivity contribution in [3.63, 3.8) is 0 Å². The summed E-state index contributed by atoms with van der Waals surface area (Å²) in [5.41, 5.74) is 2.15. The van der Waals surface area contributed by atoms with E-state index < -0.39 is 0 Å². The zero-order valence-electron chi connectivity index (χ0n) is 8.63. The molecule has 0 fully saturated rings. The molecule has 0 amide bonds. The van der Waals surface area contributed by atoms with Gasteiger partial charge in [-0.2, -0.15) is 0 Å². The summed E-state index contributed by atoms with van der Waals surface area (Å²) in [6.45, 7) is 4.26. The van der Waals surface area contributed by atoms with E-state index in [0.29, 0.717) is 0 Å². The molecule has 0 aromatic carbocycles. The highest BCUT2D eigenvalue weighted by molar-refractivity contribution is 7.19. The molecule has 2 heterocycles. The molecule has 0 N–H and O–H groups in total. The van der Waals surface area contributed by atoms with Crippen LogP contribution in [0.1, 0.15) is 27.7 Å². The number of aryl methyl sites for hydroxylation is 3. The number of carbonyl (C=O) groups excluding carboxylic acids is 1. The molecule has 0 unspecified atom stereocenters. The highest BCUT2D eigenvalue weighted by Crippen LogP contribution is 2.33. The molecule has 0 aliphatic heterocycles. The summed E-state index contributed by atoms with van der Waals surface area (Å²) in [5, 5.41) is 1.16. The fraction of sp³-hybridized carbons (Fsp3) is 0.364. The van der Waals surface area contributed by atoms with Crippen LogP contribution in [0.15, 0.2) is 6.20 Å². The molecule has 74 valence electrons. The van der Waals surface area contributed by atoms with Gasteiger partial charge in [0.2, 0.25) is 0 Å². The Hall–Kier alpha value is -1.09. The predicted molar refractivity (Wildman–Crippen MR) is 60.3 cm³/mol. The van der Waals surface area contributed by atoms with Crippen LogP contribution in [0.4, 0.5) is 0 Å². The zero-order chi connectivity index (χ0) is 10.3. The Balaban J connectivity index is 2.89. The van der Waals surface area contributed by atoms with Gasteiger partial charge in [0.25, 0.3) is 0 Å². The SMILES string of the molecule is CCc1c(C)sc2c1c(C=O)cn2C. The first-order valence-electron chi connectivity index (χ1n) is 4.71. The summed E-state index contributed by atoms with van der Waals surface area (Å²) in [5.74, 6) is 0. The van der Waals surface area contributed by atoms with E-state index in [9.17, 15) is 4.79 Å². The fourth-order valence-corrected chi connectivity index (χ4v) is 3.16. The minimum atomic E-state index is 0.823. The largest absolute Gasteiger partial charge is 0.342 e. The van der Waals surface area contributed by atoms with E-state index in [0.717, 1.165) is 23.7 Å². The second-order valence-electron chi connectivity index (χ2n) is 3.48. The molecule has 0 saturated heterocycles. The van der Waals surface area contributed by atoms with Gasteiger partial charge in [-0.3, -0.25) is 4.79 Å². The Labute approximate surface area is 87.2 Å². The van der Waals surface area contributed by atoms with Gasteiger partial charge in [0.1, 0.15) is 4.83 Å². The molecule has 0 aliphatic rings. The lowest BCUT2D eigenvalue weighted by Gasteiger charge is -1.93. The summed E-state index contributed by atoms with van der Waals surface area (Å²) >= 11 is 1.77. The number of fused-ring (bicyclic) bond motifs is 1. The van der Waals surface area contributed by atoms with Crippen LogP contribution in [-0.4, -0.2) is 10.9 Å². The molecule has 0 saturated carbocycles. The third-order valence-electron chi connectivity index (χ3n) is 2.61. The van der Waals surface area contributed by atoms with Crippen LogP contribution < -0.4 is 0 Å². The smallest absolute Gasteiger partial charge is 0.152 e.